The Labute approximate surface area is 109 Å². The standard InChI is InChI=1S/C14H14O5/c1-8-4-10(17-2)14-9(6-12(15)18-3)7-13(16)19-11(14)5-8/h4-5,7H,6H2,1-3H3. The van der Waals surface area contributed by atoms with Gasteiger partial charge in [-0.15, -0.1) is 0 Å². The summed E-state index contributed by atoms with van der Waals surface area (Å²) < 4.78 is 15.1. The Hall–Kier alpha value is -2.30. The van der Waals surface area contributed by atoms with Crippen molar-refractivity contribution in [2.75, 3.05) is 14.2 Å². The van der Waals surface area contributed by atoms with Crippen molar-refractivity contribution in [3.05, 3.63) is 39.7 Å². The van der Waals surface area contributed by atoms with Crippen molar-refractivity contribution in [1.82, 2.24) is 0 Å². The van der Waals surface area contributed by atoms with Gasteiger partial charge in [0.15, 0.2) is 0 Å². The molecule has 2 aromatic rings. The van der Waals surface area contributed by atoms with E-state index in [1.54, 1.807) is 6.07 Å². The van der Waals surface area contributed by atoms with Gasteiger partial charge >= 0.3 is 11.6 Å². The van der Waals surface area contributed by atoms with E-state index in [0.29, 0.717) is 22.3 Å². The van der Waals surface area contributed by atoms with E-state index in [9.17, 15) is 9.59 Å². The summed E-state index contributed by atoms with van der Waals surface area (Å²) in [4.78, 5) is 22.9. The van der Waals surface area contributed by atoms with Crippen molar-refractivity contribution >= 4 is 16.9 Å². The zero-order valence-electron chi connectivity index (χ0n) is 11.0. The van der Waals surface area contributed by atoms with Gasteiger partial charge in [-0.05, 0) is 30.2 Å². The van der Waals surface area contributed by atoms with Crippen molar-refractivity contribution in [3.63, 3.8) is 0 Å². The van der Waals surface area contributed by atoms with Crippen molar-refractivity contribution in [2.45, 2.75) is 13.3 Å². The van der Waals surface area contributed by atoms with Crippen LogP contribution in [-0.4, -0.2) is 20.2 Å². The van der Waals surface area contributed by atoms with E-state index in [2.05, 4.69) is 4.74 Å². The first-order chi connectivity index (χ1) is 9.05. The number of methoxy groups -OCH3 is 2. The molecule has 5 nitrogen and oxygen atoms in total. The summed E-state index contributed by atoms with van der Waals surface area (Å²) in [6.45, 7) is 1.87. The quantitative estimate of drug-likeness (QED) is 0.623. The van der Waals surface area contributed by atoms with Gasteiger partial charge in [0.2, 0.25) is 0 Å². The van der Waals surface area contributed by atoms with E-state index in [-0.39, 0.29) is 6.42 Å². The minimum atomic E-state index is -0.501. The molecule has 0 amide bonds. The Kier molecular flexibility index (Phi) is 3.55. The van der Waals surface area contributed by atoms with Gasteiger partial charge in [-0.3, -0.25) is 4.79 Å². The first-order valence-electron chi connectivity index (χ1n) is 5.73. The Balaban J connectivity index is 2.74. The Morgan fingerprint density at radius 2 is 2.00 bits per heavy atom. The third kappa shape index (κ3) is 2.59. The number of aryl methyl sites for hydroxylation is 1. The third-order valence-electron chi connectivity index (χ3n) is 2.82. The highest BCUT2D eigenvalue weighted by Crippen LogP contribution is 2.29. The summed E-state index contributed by atoms with van der Waals surface area (Å²) in [7, 11) is 2.83. The van der Waals surface area contributed by atoms with E-state index in [1.807, 2.05) is 13.0 Å². The van der Waals surface area contributed by atoms with Gasteiger partial charge in [0.25, 0.3) is 0 Å². The molecule has 0 aliphatic carbocycles. The summed E-state index contributed by atoms with van der Waals surface area (Å²) in [6, 6.07) is 4.85. The van der Waals surface area contributed by atoms with Gasteiger partial charge in [-0.2, -0.15) is 0 Å². The first-order valence-corrected chi connectivity index (χ1v) is 5.73. The van der Waals surface area contributed by atoms with Crippen LogP contribution in [0.25, 0.3) is 11.0 Å². The lowest BCUT2D eigenvalue weighted by Gasteiger charge is -2.10. The Morgan fingerprint density at radius 1 is 1.26 bits per heavy atom. The van der Waals surface area contributed by atoms with Crippen LogP contribution in [0.2, 0.25) is 0 Å². The fraction of sp³-hybridized carbons (Fsp3) is 0.286. The minimum absolute atomic E-state index is 0.00196. The van der Waals surface area contributed by atoms with Gasteiger partial charge in [0, 0.05) is 6.07 Å². The number of carbonyl (C=O) groups is 1. The van der Waals surface area contributed by atoms with Crippen LogP contribution in [0.5, 0.6) is 5.75 Å². The van der Waals surface area contributed by atoms with Gasteiger partial charge in [0.1, 0.15) is 11.3 Å². The van der Waals surface area contributed by atoms with Gasteiger partial charge in [-0.1, -0.05) is 0 Å². The monoisotopic (exact) mass is 262 g/mol. The highest BCUT2D eigenvalue weighted by Gasteiger charge is 2.14. The number of fused-ring (bicyclic) bond motifs is 1. The lowest BCUT2D eigenvalue weighted by atomic mass is 10.0. The molecule has 0 aliphatic heterocycles. The summed E-state index contributed by atoms with van der Waals surface area (Å²) >= 11 is 0. The van der Waals surface area contributed by atoms with Crippen molar-refractivity contribution < 1.29 is 18.7 Å². The molecular formula is C14H14O5. The van der Waals surface area contributed by atoms with Crippen LogP contribution in [0.1, 0.15) is 11.1 Å². The second kappa shape index (κ2) is 5.14. The predicted octanol–water partition coefficient (Wildman–Crippen LogP) is 1.83. The van der Waals surface area contributed by atoms with Crippen LogP contribution in [0.15, 0.2) is 27.4 Å². The molecule has 0 saturated carbocycles. The molecule has 1 heterocycles. The third-order valence-corrected chi connectivity index (χ3v) is 2.82. The van der Waals surface area contributed by atoms with E-state index in [4.69, 9.17) is 9.15 Å². The largest absolute Gasteiger partial charge is 0.496 e. The maximum atomic E-state index is 11.5. The lowest BCUT2D eigenvalue weighted by Crippen LogP contribution is -2.09. The molecule has 100 valence electrons. The highest BCUT2D eigenvalue weighted by atomic mass is 16.5. The zero-order chi connectivity index (χ0) is 14.0. The summed E-state index contributed by atoms with van der Waals surface area (Å²) in [6.07, 6.45) is -0.00196. The Morgan fingerprint density at radius 3 is 2.63 bits per heavy atom. The van der Waals surface area contributed by atoms with Gasteiger partial charge < -0.3 is 13.9 Å². The molecule has 2 rings (SSSR count). The zero-order valence-corrected chi connectivity index (χ0v) is 11.0. The minimum Gasteiger partial charge on any atom is -0.496 e. The first kappa shape index (κ1) is 13.1. The molecule has 0 aliphatic rings. The molecule has 0 atom stereocenters. The van der Waals surface area contributed by atoms with Gasteiger partial charge in [-0.25, -0.2) is 4.79 Å². The number of esters is 1. The fourth-order valence-corrected chi connectivity index (χ4v) is 2.00. The average molecular weight is 262 g/mol. The van der Waals surface area contributed by atoms with E-state index in [1.165, 1.54) is 20.3 Å². The highest BCUT2D eigenvalue weighted by molar-refractivity contribution is 5.90. The molecule has 0 spiro atoms. The number of ether oxygens (including phenoxy) is 2. The molecule has 1 aromatic heterocycles. The average Bonchev–Trinajstić information content (AvgIpc) is 2.36. The van der Waals surface area contributed by atoms with E-state index < -0.39 is 11.6 Å². The number of hydrogen-bond acceptors (Lipinski definition) is 5. The molecule has 5 heteroatoms. The predicted molar refractivity (Wildman–Crippen MR) is 69.5 cm³/mol. The molecule has 1 aromatic carbocycles. The second-order valence-electron chi connectivity index (χ2n) is 4.18. The molecule has 0 fully saturated rings. The van der Waals surface area contributed by atoms with Crippen LogP contribution in [0.3, 0.4) is 0 Å². The maximum absolute atomic E-state index is 11.5. The molecule has 0 unspecified atom stereocenters. The number of hydrogen-bond donors (Lipinski definition) is 0. The van der Waals surface area contributed by atoms with Crippen molar-refractivity contribution in [1.29, 1.82) is 0 Å². The SMILES string of the molecule is COC(=O)Cc1cc(=O)oc2cc(C)cc(OC)c12. The normalized spacial score (nSPS) is 10.5. The van der Waals surface area contributed by atoms with Gasteiger partial charge in [0.05, 0.1) is 26.0 Å². The molecular weight excluding hydrogens is 248 g/mol. The maximum Gasteiger partial charge on any atom is 0.336 e. The van der Waals surface area contributed by atoms with Crippen molar-refractivity contribution in [3.8, 4) is 5.75 Å². The van der Waals surface area contributed by atoms with Crippen LogP contribution in [0, 0.1) is 6.92 Å². The molecule has 0 saturated heterocycles. The lowest BCUT2D eigenvalue weighted by molar-refractivity contribution is -0.139. The summed E-state index contributed by atoms with van der Waals surface area (Å²) in [5.74, 6) is 0.146. The van der Waals surface area contributed by atoms with Crippen molar-refractivity contribution in [2.24, 2.45) is 0 Å². The van der Waals surface area contributed by atoms with Crippen LogP contribution in [-0.2, 0) is 16.0 Å². The summed E-state index contributed by atoms with van der Waals surface area (Å²) in [5, 5.41) is 0.623. The van der Waals surface area contributed by atoms with E-state index >= 15 is 0 Å². The molecule has 0 bridgehead atoms. The molecule has 0 radical (unpaired) electrons. The smallest absolute Gasteiger partial charge is 0.336 e. The molecule has 0 N–H and O–H groups in total. The van der Waals surface area contributed by atoms with Crippen LogP contribution in [0.4, 0.5) is 0 Å². The topological polar surface area (TPSA) is 65.7 Å². The summed E-state index contributed by atoms with van der Waals surface area (Å²) in [5.41, 5.74) is 1.35. The second-order valence-corrected chi connectivity index (χ2v) is 4.18. The Bertz CT molecular complexity index is 684. The molecule has 19 heavy (non-hydrogen) atoms. The number of carbonyl (C=O) groups excluding carboxylic acids is 1. The van der Waals surface area contributed by atoms with Crippen LogP contribution < -0.4 is 10.4 Å². The fourth-order valence-electron chi connectivity index (χ4n) is 2.00. The van der Waals surface area contributed by atoms with Crippen LogP contribution >= 0.6 is 0 Å². The number of benzene rings is 1. The van der Waals surface area contributed by atoms with E-state index in [0.717, 1.165) is 5.56 Å². The number of rotatable bonds is 3.